The van der Waals surface area contributed by atoms with Gasteiger partial charge in [0.25, 0.3) is 0 Å². The predicted molar refractivity (Wildman–Crippen MR) is 92.2 cm³/mol. The Morgan fingerprint density at radius 2 is 1.96 bits per heavy atom. The molecular formula is C21H17FO4. The van der Waals surface area contributed by atoms with Gasteiger partial charge in [0, 0.05) is 11.5 Å². The molecule has 0 radical (unpaired) electrons. The Labute approximate surface area is 150 Å². The third-order valence-corrected chi connectivity index (χ3v) is 5.11. The van der Waals surface area contributed by atoms with Crippen molar-refractivity contribution < 1.29 is 23.5 Å². The largest absolute Gasteiger partial charge is 0.463 e. The number of carbonyl (C=O) groups is 2. The molecule has 0 amide bonds. The monoisotopic (exact) mass is 352 g/mol. The number of halogens is 1. The van der Waals surface area contributed by atoms with E-state index in [0.717, 1.165) is 5.56 Å². The van der Waals surface area contributed by atoms with Crippen molar-refractivity contribution in [1.82, 2.24) is 0 Å². The van der Waals surface area contributed by atoms with Gasteiger partial charge in [0.2, 0.25) is 0 Å². The summed E-state index contributed by atoms with van der Waals surface area (Å²) in [5, 5.41) is 0. The number of allylic oxidation sites excluding steroid dienone is 1. The maximum absolute atomic E-state index is 13.4. The molecule has 0 N–H and O–H groups in total. The Morgan fingerprint density at radius 3 is 2.69 bits per heavy atom. The minimum Gasteiger partial charge on any atom is -0.463 e. The van der Waals surface area contributed by atoms with Crippen LogP contribution in [0.25, 0.3) is 0 Å². The smallest absolute Gasteiger partial charge is 0.335 e. The van der Waals surface area contributed by atoms with Gasteiger partial charge in [-0.05, 0) is 37.1 Å². The van der Waals surface area contributed by atoms with Crippen molar-refractivity contribution in [1.29, 1.82) is 0 Å². The van der Waals surface area contributed by atoms with Gasteiger partial charge in [0.1, 0.15) is 17.0 Å². The molecule has 1 heterocycles. The van der Waals surface area contributed by atoms with Gasteiger partial charge in [0.15, 0.2) is 0 Å². The molecule has 0 saturated heterocycles. The number of fused-ring (bicyclic) bond motifs is 2. The fourth-order valence-corrected chi connectivity index (χ4v) is 4.05. The van der Waals surface area contributed by atoms with Crippen LogP contribution in [0.2, 0.25) is 0 Å². The van der Waals surface area contributed by atoms with Gasteiger partial charge >= 0.3 is 11.9 Å². The number of benzene rings is 2. The lowest BCUT2D eigenvalue weighted by Crippen LogP contribution is -2.41. The first-order valence-electron chi connectivity index (χ1n) is 8.54. The van der Waals surface area contributed by atoms with Crippen LogP contribution in [-0.4, -0.2) is 18.5 Å². The van der Waals surface area contributed by atoms with Gasteiger partial charge in [-0.3, -0.25) is 4.79 Å². The molecule has 4 nitrogen and oxygen atoms in total. The lowest BCUT2D eigenvalue weighted by Gasteiger charge is -2.31. The highest BCUT2D eigenvalue weighted by Gasteiger charge is 2.61. The van der Waals surface area contributed by atoms with Gasteiger partial charge in [-0.1, -0.05) is 36.4 Å². The van der Waals surface area contributed by atoms with Crippen LogP contribution in [0.4, 0.5) is 4.39 Å². The van der Waals surface area contributed by atoms with Crippen molar-refractivity contribution >= 4 is 11.9 Å². The van der Waals surface area contributed by atoms with Crippen LogP contribution in [0.5, 0.6) is 5.75 Å². The van der Waals surface area contributed by atoms with E-state index in [9.17, 15) is 14.0 Å². The summed E-state index contributed by atoms with van der Waals surface area (Å²) in [4.78, 5) is 25.7. The number of hydrogen-bond acceptors (Lipinski definition) is 4. The van der Waals surface area contributed by atoms with E-state index < -0.39 is 17.4 Å². The summed E-state index contributed by atoms with van der Waals surface area (Å²) in [5.74, 6) is -1.29. The standard InChI is InChI=1S/C21H17FO4/c1-2-25-19(23)17-12-11-15(13-7-9-14(22)10-8-13)21(17)16-5-3-4-6-18(16)26-20(21)24/h3-10,12,15H,2,11H2,1H3/t15-,21+/m1/s1. The summed E-state index contributed by atoms with van der Waals surface area (Å²) in [6.07, 6.45) is 2.21. The molecule has 0 saturated carbocycles. The highest BCUT2D eigenvalue weighted by molar-refractivity contribution is 6.07. The number of esters is 2. The van der Waals surface area contributed by atoms with Crippen LogP contribution in [-0.2, 0) is 19.7 Å². The highest BCUT2D eigenvalue weighted by Crippen LogP contribution is 2.57. The zero-order chi connectivity index (χ0) is 18.3. The molecule has 0 unspecified atom stereocenters. The average Bonchev–Trinajstić information content (AvgIpc) is 3.17. The molecular weight excluding hydrogens is 335 g/mol. The van der Waals surface area contributed by atoms with Crippen LogP contribution < -0.4 is 4.74 Å². The van der Waals surface area contributed by atoms with Crippen molar-refractivity contribution in [3.63, 3.8) is 0 Å². The summed E-state index contributed by atoms with van der Waals surface area (Å²) < 4.78 is 24.1. The SMILES string of the molecule is CCOC(=O)C1=CC[C@H](c2ccc(F)cc2)[C@@]12C(=O)Oc1ccccc12. The number of carbonyl (C=O) groups excluding carboxylic acids is 2. The Kier molecular flexibility index (Phi) is 3.87. The molecule has 4 rings (SSSR count). The summed E-state index contributed by atoms with van der Waals surface area (Å²) >= 11 is 0. The lowest BCUT2D eigenvalue weighted by atomic mass is 9.67. The van der Waals surface area contributed by atoms with E-state index in [1.807, 2.05) is 6.07 Å². The van der Waals surface area contributed by atoms with Gasteiger partial charge in [-0.25, -0.2) is 9.18 Å². The second kappa shape index (κ2) is 6.09. The molecule has 5 heteroatoms. The number of hydrogen-bond donors (Lipinski definition) is 0. The van der Waals surface area contributed by atoms with Gasteiger partial charge in [0.05, 0.1) is 12.2 Å². The Bertz CT molecular complexity index is 916. The zero-order valence-electron chi connectivity index (χ0n) is 14.2. The van der Waals surface area contributed by atoms with Crippen LogP contribution in [0.15, 0.2) is 60.2 Å². The first-order chi connectivity index (χ1) is 12.6. The van der Waals surface area contributed by atoms with E-state index >= 15 is 0 Å². The van der Waals surface area contributed by atoms with Crippen molar-refractivity contribution in [2.75, 3.05) is 6.61 Å². The van der Waals surface area contributed by atoms with Gasteiger partial charge in [-0.2, -0.15) is 0 Å². The molecule has 2 aliphatic rings. The van der Waals surface area contributed by atoms with Crippen LogP contribution in [0.3, 0.4) is 0 Å². The van der Waals surface area contributed by atoms with E-state index in [0.29, 0.717) is 23.3 Å². The lowest BCUT2D eigenvalue weighted by molar-refractivity contribution is -0.144. The van der Waals surface area contributed by atoms with Crippen LogP contribution in [0, 0.1) is 5.82 Å². The Hall–Kier alpha value is -2.95. The third kappa shape index (κ3) is 2.20. The normalized spacial score (nSPS) is 23.5. The Morgan fingerprint density at radius 1 is 1.23 bits per heavy atom. The van der Waals surface area contributed by atoms with Crippen molar-refractivity contribution in [3.05, 3.63) is 77.1 Å². The maximum atomic E-state index is 13.4. The Balaban J connectivity index is 1.91. The van der Waals surface area contributed by atoms with Crippen molar-refractivity contribution in [2.45, 2.75) is 24.7 Å². The summed E-state index contributed by atoms with van der Waals surface area (Å²) in [6.45, 7) is 1.93. The van der Waals surface area contributed by atoms with Crippen LogP contribution >= 0.6 is 0 Å². The second-order valence-electron chi connectivity index (χ2n) is 6.37. The van der Waals surface area contributed by atoms with E-state index in [2.05, 4.69) is 0 Å². The van der Waals surface area contributed by atoms with Crippen LogP contribution in [0.1, 0.15) is 30.4 Å². The molecule has 2 aromatic carbocycles. The molecule has 0 fully saturated rings. The molecule has 0 aromatic heterocycles. The molecule has 2 aromatic rings. The average molecular weight is 352 g/mol. The van der Waals surface area contributed by atoms with Crippen molar-refractivity contribution in [3.8, 4) is 5.75 Å². The fraction of sp³-hybridized carbons (Fsp3) is 0.238. The highest BCUT2D eigenvalue weighted by atomic mass is 19.1. The second-order valence-corrected chi connectivity index (χ2v) is 6.37. The first-order valence-corrected chi connectivity index (χ1v) is 8.54. The van der Waals surface area contributed by atoms with E-state index in [-0.39, 0.29) is 18.3 Å². The minimum absolute atomic E-state index is 0.212. The number of para-hydroxylation sites is 1. The third-order valence-electron chi connectivity index (χ3n) is 5.11. The fourth-order valence-electron chi connectivity index (χ4n) is 4.05. The van der Waals surface area contributed by atoms with E-state index in [1.54, 1.807) is 43.3 Å². The summed E-state index contributed by atoms with van der Waals surface area (Å²) in [7, 11) is 0. The molecule has 26 heavy (non-hydrogen) atoms. The maximum Gasteiger partial charge on any atom is 0.335 e. The number of ether oxygens (including phenoxy) is 2. The quantitative estimate of drug-likeness (QED) is 0.625. The number of rotatable bonds is 3. The van der Waals surface area contributed by atoms with Gasteiger partial charge < -0.3 is 9.47 Å². The minimum atomic E-state index is -1.26. The molecule has 2 atom stereocenters. The summed E-state index contributed by atoms with van der Waals surface area (Å²) in [6, 6.07) is 13.1. The molecule has 1 spiro atoms. The van der Waals surface area contributed by atoms with E-state index in [1.165, 1.54) is 12.1 Å². The van der Waals surface area contributed by atoms with E-state index in [4.69, 9.17) is 9.47 Å². The molecule has 1 aliphatic carbocycles. The predicted octanol–water partition coefficient (Wildman–Crippen LogP) is 3.66. The van der Waals surface area contributed by atoms with Gasteiger partial charge in [-0.15, -0.1) is 0 Å². The topological polar surface area (TPSA) is 52.6 Å². The molecule has 1 aliphatic heterocycles. The summed E-state index contributed by atoms with van der Waals surface area (Å²) in [5.41, 5.74) is 0.455. The first kappa shape index (κ1) is 16.5. The molecule has 132 valence electrons. The molecule has 0 bridgehead atoms. The van der Waals surface area contributed by atoms with Crippen molar-refractivity contribution in [2.24, 2.45) is 0 Å². The zero-order valence-corrected chi connectivity index (χ0v) is 14.2.